The van der Waals surface area contributed by atoms with Crippen LogP contribution in [0.4, 0.5) is 0 Å². The van der Waals surface area contributed by atoms with Gasteiger partial charge < -0.3 is 4.74 Å². The third-order valence-electron chi connectivity index (χ3n) is 3.73. The number of carbonyl (C=O) groups is 1. The molecule has 1 aromatic carbocycles. The molecule has 118 valence electrons. The maximum absolute atomic E-state index is 11.6. The van der Waals surface area contributed by atoms with Crippen molar-refractivity contribution >= 4 is 5.97 Å². The van der Waals surface area contributed by atoms with Crippen molar-refractivity contribution in [3.63, 3.8) is 0 Å². The van der Waals surface area contributed by atoms with Crippen LogP contribution in [0.3, 0.4) is 0 Å². The molecule has 2 nitrogen and oxygen atoms in total. The van der Waals surface area contributed by atoms with Gasteiger partial charge in [0.2, 0.25) is 0 Å². The summed E-state index contributed by atoms with van der Waals surface area (Å²) in [6.45, 7) is 2.65. The molecule has 0 heterocycles. The summed E-state index contributed by atoms with van der Waals surface area (Å²) >= 11 is 0. The third-order valence-corrected chi connectivity index (χ3v) is 3.73. The fourth-order valence-electron chi connectivity index (χ4n) is 2.39. The van der Waals surface area contributed by atoms with E-state index in [4.69, 9.17) is 4.74 Å². The van der Waals surface area contributed by atoms with E-state index < -0.39 is 0 Å². The number of benzene rings is 1. The van der Waals surface area contributed by atoms with Gasteiger partial charge in [0.1, 0.15) is 6.61 Å². The van der Waals surface area contributed by atoms with Gasteiger partial charge in [0.05, 0.1) is 0 Å². The van der Waals surface area contributed by atoms with Gasteiger partial charge in [-0.25, -0.2) is 0 Å². The number of rotatable bonds is 12. The van der Waals surface area contributed by atoms with Gasteiger partial charge in [-0.2, -0.15) is 0 Å². The Bertz CT molecular complexity index is 365. The molecule has 1 rings (SSSR count). The van der Waals surface area contributed by atoms with Crippen molar-refractivity contribution in [1.82, 2.24) is 0 Å². The first-order chi connectivity index (χ1) is 10.3. The van der Waals surface area contributed by atoms with Gasteiger partial charge in [-0.3, -0.25) is 4.79 Å². The molecule has 0 aromatic heterocycles. The molecule has 1 aromatic rings. The zero-order valence-corrected chi connectivity index (χ0v) is 16.5. The topological polar surface area (TPSA) is 26.3 Å². The van der Waals surface area contributed by atoms with Crippen LogP contribution >= 0.6 is 0 Å². The number of ether oxygens (including phenoxy) is 1. The Labute approximate surface area is 158 Å². The Morgan fingerprint density at radius 3 is 2.00 bits per heavy atom. The monoisotopic (exact) mass is 313 g/mol. The number of hydrogen-bond acceptors (Lipinski definition) is 2. The van der Waals surface area contributed by atoms with Gasteiger partial charge in [0.25, 0.3) is 0 Å². The minimum Gasteiger partial charge on any atom is -0.461 e. The first kappa shape index (κ1) is 21.7. The van der Waals surface area contributed by atoms with Crippen LogP contribution in [0.25, 0.3) is 0 Å². The quantitative estimate of drug-likeness (QED) is 0.337. The third kappa shape index (κ3) is 12.3. The molecular formula is C19H30NaO2+. The van der Waals surface area contributed by atoms with E-state index in [1.54, 1.807) is 0 Å². The second kappa shape index (κ2) is 15.6. The smallest absolute Gasteiger partial charge is 0.461 e. The number of esters is 1. The molecule has 0 aliphatic rings. The van der Waals surface area contributed by atoms with Crippen LogP contribution in [0, 0.1) is 0 Å². The van der Waals surface area contributed by atoms with E-state index in [9.17, 15) is 4.79 Å². The van der Waals surface area contributed by atoms with Gasteiger partial charge in [0.15, 0.2) is 0 Å². The fourth-order valence-corrected chi connectivity index (χ4v) is 2.39. The Hall–Kier alpha value is -0.310. The summed E-state index contributed by atoms with van der Waals surface area (Å²) in [6, 6.07) is 9.85. The second-order valence-electron chi connectivity index (χ2n) is 5.72. The van der Waals surface area contributed by atoms with Crippen molar-refractivity contribution in [2.24, 2.45) is 0 Å². The normalized spacial score (nSPS) is 10.0. The SMILES string of the molecule is CCCCCCCCCCCC(=O)OCc1ccccc1.[Na+]. The van der Waals surface area contributed by atoms with Crippen LogP contribution in [0.2, 0.25) is 0 Å². The molecule has 0 spiro atoms. The minimum absolute atomic E-state index is 0. The molecule has 0 aliphatic heterocycles. The molecule has 0 amide bonds. The van der Waals surface area contributed by atoms with Gasteiger partial charge in [0, 0.05) is 6.42 Å². The molecule has 0 atom stereocenters. The maximum atomic E-state index is 11.6. The van der Waals surface area contributed by atoms with Crippen LogP contribution in [-0.2, 0) is 16.1 Å². The fraction of sp³-hybridized carbons (Fsp3) is 0.632. The van der Waals surface area contributed by atoms with Crippen molar-refractivity contribution in [2.75, 3.05) is 0 Å². The average molecular weight is 313 g/mol. The zero-order valence-electron chi connectivity index (χ0n) is 14.5. The Balaban J connectivity index is 0.00000441. The molecule has 0 fully saturated rings. The van der Waals surface area contributed by atoms with E-state index >= 15 is 0 Å². The Kier molecular flexibility index (Phi) is 15.4. The molecule has 0 aliphatic carbocycles. The van der Waals surface area contributed by atoms with Crippen LogP contribution in [-0.4, -0.2) is 5.97 Å². The summed E-state index contributed by atoms with van der Waals surface area (Å²) in [5.74, 6) is -0.0678. The molecule has 22 heavy (non-hydrogen) atoms. The predicted octanol–water partition coefficient (Wildman–Crippen LogP) is 2.65. The summed E-state index contributed by atoms with van der Waals surface area (Å²) in [5.41, 5.74) is 1.05. The standard InChI is InChI=1S/C19H30O2.Na/c1-2-3-4-5-6-7-8-9-13-16-19(20)21-17-18-14-11-10-12-15-18;/h10-12,14-15H,2-9,13,16-17H2,1H3;/q;+1. The predicted molar refractivity (Wildman–Crippen MR) is 88.1 cm³/mol. The summed E-state index contributed by atoms with van der Waals surface area (Å²) in [6.07, 6.45) is 12.0. The van der Waals surface area contributed by atoms with E-state index in [2.05, 4.69) is 6.92 Å². The molecule has 3 heteroatoms. The summed E-state index contributed by atoms with van der Waals surface area (Å²) in [7, 11) is 0. The van der Waals surface area contributed by atoms with E-state index in [0.717, 1.165) is 18.4 Å². The molecule has 0 saturated heterocycles. The molecule has 0 bridgehead atoms. The first-order valence-electron chi connectivity index (χ1n) is 8.52. The van der Waals surface area contributed by atoms with Gasteiger partial charge >= 0.3 is 35.5 Å². The summed E-state index contributed by atoms with van der Waals surface area (Å²) in [5, 5.41) is 0. The van der Waals surface area contributed by atoms with Gasteiger partial charge in [-0.1, -0.05) is 88.6 Å². The van der Waals surface area contributed by atoms with Crippen molar-refractivity contribution in [2.45, 2.75) is 77.7 Å². The van der Waals surface area contributed by atoms with Gasteiger partial charge in [-0.15, -0.1) is 0 Å². The first-order valence-corrected chi connectivity index (χ1v) is 8.52. The number of carbonyl (C=O) groups excluding carboxylic acids is 1. The molecule has 0 unspecified atom stereocenters. The van der Waals surface area contributed by atoms with E-state index in [-0.39, 0.29) is 35.5 Å². The van der Waals surface area contributed by atoms with Crippen LogP contribution in [0.5, 0.6) is 0 Å². The number of hydrogen-bond donors (Lipinski definition) is 0. The van der Waals surface area contributed by atoms with Crippen molar-refractivity contribution in [1.29, 1.82) is 0 Å². The van der Waals surface area contributed by atoms with E-state index in [0.29, 0.717) is 13.0 Å². The maximum Gasteiger partial charge on any atom is 1.00 e. The minimum atomic E-state index is -0.0678. The summed E-state index contributed by atoms with van der Waals surface area (Å²) < 4.78 is 5.26. The zero-order chi connectivity index (χ0) is 15.2. The van der Waals surface area contributed by atoms with Crippen molar-refractivity contribution in [3.05, 3.63) is 35.9 Å². The van der Waals surface area contributed by atoms with Crippen LogP contribution < -0.4 is 29.6 Å². The Morgan fingerprint density at radius 2 is 1.41 bits per heavy atom. The number of unbranched alkanes of at least 4 members (excludes halogenated alkanes) is 8. The summed E-state index contributed by atoms with van der Waals surface area (Å²) in [4.78, 5) is 11.6. The average Bonchev–Trinajstić information content (AvgIpc) is 2.52. The molecule has 0 radical (unpaired) electrons. The van der Waals surface area contributed by atoms with Crippen LogP contribution in [0.1, 0.15) is 76.7 Å². The second-order valence-corrected chi connectivity index (χ2v) is 5.72. The molecule has 0 saturated carbocycles. The van der Waals surface area contributed by atoms with Crippen molar-refractivity contribution in [3.8, 4) is 0 Å². The largest absolute Gasteiger partial charge is 1.00 e. The Morgan fingerprint density at radius 1 is 0.864 bits per heavy atom. The van der Waals surface area contributed by atoms with Crippen LogP contribution in [0.15, 0.2) is 30.3 Å². The van der Waals surface area contributed by atoms with Crippen molar-refractivity contribution < 1.29 is 39.1 Å². The van der Waals surface area contributed by atoms with Gasteiger partial charge in [-0.05, 0) is 12.0 Å². The molecule has 0 N–H and O–H groups in total. The molecular weight excluding hydrogens is 283 g/mol. The van der Waals surface area contributed by atoms with E-state index in [1.807, 2.05) is 30.3 Å². The van der Waals surface area contributed by atoms with E-state index in [1.165, 1.54) is 44.9 Å².